The van der Waals surface area contributed by atoms with Gasteiger partial charge in [0.25, 0.3) is 0 Å². The predicted molar refractivity (Wildman–Crippen MR) is 90.1 cm³/mol. The third kappa shape index (κ3) is 3.74. The molecule has 2 nitrogen and oxygen atoms in total. The monoisotopic (exact) mass is 359 g/mol. The van der Waals surface area contributed by atoms with Crippen molar-refractivity contribution in [2.45, 2.75) is 10.1 Å². The summed E-state index contributed by atoms with van der Waals surface area (Å²) in [6.07, 6.45) is 1.95. The molecular formula is C19H12F3NOS. The molecule has 1 atom stereocenters. The number of rotatable bonds is 5. The summed E-state index contributed by atoms with van der Waals surface area (Å²) in [6, 6.07) is 13.7. The minimum Gasteiger partial charge on any atom is -0.296 e. The van der Waals surface area contributed by atoms with Crippen LogP contribution in [0.5, 0.6) is 0 Å². The van der Waals surface area contributed by atoms with Crippen LogP contribution in [0.1, 0.15) is 26.9 Å². The van der Waals surface area contributed by atoms with E-state index in [1.807, 2.05) is 6.07 Å². The van der Waals surface area contributed by atoms with Gasteiger partial charge in [0, 0.05) is 16.7 Å². The van der Waals surface area contributed by atoms with Gasteiger partial charge in [-0.3, -0.25) is 9.78 Å². The second-order valence-corrected chi connectivity index (χ2v) is 6.38. The highest BCUT2D eigenvalue weighted by atomic mass is 32.2. The Morgan fingerprint density at radius 1 is 0.920 bits per heavy atom. The van der Waals surface area contributed by atoms with E-state index in [1.165, 1.54) is 24.0 Å². The molecule has 2 aromatic carbocycles. The molecule has 0 radical (unpaired) electrons. The maximum Gasteiger partial charge on any atom is 0.168 e. The Morgan fingerprint density at radius 2 is 1.64 bits per heavy atom. The fourth-order valence-electron chi connectivity index (χ4n) is 2.35. The van der Waals surface area contributed by atoms with Crippen LogP contribution in [0.25, 0.3) is 0 Å². The topological polar surface area (TPSA) is 30.0 Å². The first kappa shape index (κ1) is 17.2. The lowest BCUT2D eigenvalue weighted by Crippen LogP contribution is -2.06. The molecular weight excluding hydrogens is 347 g/mol. The molecule has 1 aromatic heterocycles. The molecule has 0 saturated carbocycles. The molecule has 0 aliphatic carbocycles. The first-order valence-electron chi connectivity index (χ1n) is 7.36. The van der Waals surface area contributed by atoms with E-state index in [0.29, 0.717) is 11.8 Å². The van der Waals surface area contributed by atoms with Gasteiger partial charge in [-0.25, -0.2) is 13.2 Å². The van der Waals surface area contributed by atoms with Crippen molar-refractivity contribution in [3.8, 4) is 0 Å². The van der Waals surface area contributed by atoms with Gasteiger partial charge in [0.15, 0.2) is 17.9 Å². The van der Waals surface area contributed by atoms with Crippen molar-refractivity contribution in [1.29, 1.82) is 0 Å². The Kier molecular flexibility index (Phi) is 5.19. The van der Waals surface area contributed by atoms with E-state index in [-0.39, 0.29) is 11.3 Å². The molecule has 126 valence electrons. The summed E-state index contributed by atoms with van der Waals surface area (Å²) in [7, 11) is 0. The number of aromatic nitrogens is 1. The summed E-state index contributed by atoms with van der Waals surface area (Å²) in [5, 5.41) is -0.855. The van der Waals surface area contributed by atoms with Crippen LogP contribution in [-0.2, 0) is 0 Å². The molecule has 0 spiro atoms. The zero-order valence-electron chi connectivity index (χ0n) is 12.8. The summed E-state index contributed by atoms with van der Waals surface area (Å²) < 4.78 is 42.3. The predicted octanol–water partition coefficient (Wildman–Crippen LogP) is 5.19. The first-order chi connectivity index (χ1) is 12.1. The largest absolute Gasteiger partial charge is 0.296 e. The van der Waals surface area contributed by atoms with E-state index in [1.54, 1.807) is 30.3 Å². The Labute approximate surface area is 146 Å². The number of carbonyl (C=O) groups is 1. The molecule has 1 unspecified atom stereocenters. The highest BCUT2D eigenvalue weighted by molar-refractivity contribution is 7.99. The van der Waals surface area contributed by atoms with Crippen molar-refractivity contribution in [3.63, 3.8) is 0 Å². The number of hydrogen-bond acceptors (Lipinski definition) is 3. The zero-order valence-corrected chi connectivity index (χ0v) is 13.6. The van der Waals surface area contributed by atoms with E-state index in [2.05, 4.69) is 4.98 Å². The number of thioether (sulfide) groups is 1. The van der Waals surface area contributed by atoms with Gasteiger partial charge in [0.2, 0.25) is 0 Å². The van der Waals surface area contributed by atoms with E-state index in [0.717, 1.165) is 17.0 Å². The molecule has 3 rings (SSSR count). The highest BCUT2D eigenvalue weighted by Crippen LogP contribution is 2.42. The molecule has 0 bridgehead atoms. The smallest absolute Gasteiger partial charge is 0.168 e. The van der Waals surface area contributed by atoms with Gasteiger partial charge in [0.05, 0.1) is 5.25 Å². The minimum absolute atomic E-state index is 0.201. The van der Waals surface area contributed by atoms with Crippen molar-refractivity contribution in [1.82, 2.24) is 4.98 Å². The second kappa shape index (κ2) is 7.53. The van der Waals surface area contributed by atoms with E-state index < -0.39 is 22.7 Å². The molecule has 1 heterocycles. The Balaban J connectivity index is 2.11. The van der Waals surface area contributed by atoms with E-state index >= 15 is 0 Å². The summed E-state index contributed by atoms with van der Waals surface area (Å²) in [6.45, 7) is 0. The van der Waals surface area contributed by atoms with Crippen LogP contribution in [0.2, 0.25) is 0 Å². The van der Waals surface area contributed by atoms with Crippen LogP contribution in [0.3, 0.4) is 0 Å². The second-order valence-electron chi connectivity index (χ2n) is 5.20. The van der Waals surface area contributed by atoms with Gasteiger partial charge < -0.3 is 0 Å². The highest BCUT2D eigenvalue weighted by Gasteiger charge is 2.26. The summed E-state index contributed by atoms with van der Waals surface area (Å²) >= 11 is 1.17. The van der Waals surface area contributed by atoms with Crippen LogP contribution in [-0.4, -0.2) is 11.3 Å². The van der Waals surface area contributed by atoms with Crippen molar-refractivity contribution < 1.29 is 18.0 Å². The normalized spacial score (nSPS) is 12.0. The van der Waals surface area contributed by atoms with Crippen LogP contribution in [0, 0.1) is 17.5 Å². The van der Waals surface area contributed by atoms with Gasteiger partial charge in [0.1, 0.15) is 11.5 Å². The number of halogens is 3. The molecule has 6 heteroatoms. The molecule has 0 aliphatic heterocycles. The van der Waals surface area contributed by atoms with E-state index in [9.17, 15) is 18.0 Å². The lowest BCUT2D eigenvalue weighted by Gasteiger charge is -2.19. The summed E-state index contributed by atoms with van der Waals surface area (Å²) in [5.74, 6) is -3.19. The maximum atomic E-state index is 14.3. The quantitative estimate of drug-likeness (QED) is 0.357. The molecule has 0 fully saturated rings. The summed E-state index contributed by atoms with van der Waals surface area (Å²) in [5.41, 5.74) is 0.282. The fraction of sp³-hybridized carbons (Fsp3) is 0.0526. The Morgan fingerprint density at radius 3 is 2.28 bits per heavy atom. The fourth-order valence-corrected chi connectivity index (χ4v) is 3.55. The average molecular weight is 359 g/mol. The van der Waals surface area contributed by atoms with Crippen LogP contribution < -0.4 is 0 Å². The van der Waals surface area contributed by atoms with Crippen molar-refractivity contribution in [2.24, 2.45) is 0 Å². The SMILES string of the molecule is O=Cc1ccc(C(Sc2ccccc2)c2c(F)ccc(F)c2F)cn1. The van der Waals surface area contributed by atoms with Gasteiger partial charge in [-0.2, -0.15) is 0 Å². The lowest BCUT2D eigenvalue weighted by atomic mass is 10.0. The van der Waals surface area contributed by atoms with Gasteiger partial charge in [-0.1, -0.05) is 24.3 Å². The van der Waals surface area contributed by atoms with Crippen LogP contribution in [0.4, 0.5) is 13.2 Å². The zero-order chi connectivity index (χ0) is 17.8. The van der Waals surface area contributed by atoms with Gasteiger partial charge in [-0.05, 0) is 35.9 Å². The third-order valence-corrected chi connectivity index (χ3v) is 4.86. The van der Waals surface area contributed by atoms with Crippen LogP contribution in [0.15, 0.2) is 65.7 Å². The number of aldehydes is 1. The first-order valence-corrected chi connectivity index (χ1v) is 8.24. The molecule has 0 aliphatic rings. The van der Waals surface area contributed by atoms with Crippen LogP contribution >= 0.6 is 11.8 Å². The molecule has 0 saturated heterocycles. The molecule has 25 heavy (non-hydrogen) atoms. The lowest BCUT2D eigenvalue weighted by molar-refractivity contribution is 0.111. The van der Waals surface area contributed by atoms with Crippen molar-refractivity contribution in [3.05, 3.63) is 95.1 Å². The number of pyridine rings is 1. The maximum absolute atomic E-state index is 14.3. The van der Waals surface area contributed by atoms with Gasteiger partial charge in [-0.15, -0.1) is 11.8 Å². The molecule has 0 amide bonds. The average Bonchev–Trinajstić information content (AvgIpc) is 2.65. The number of nitrogens with zero attached hydrogens (tertiary/aromatic N) is 1. The van der Waals surface area contributed by atoms with Gasteiger partial charge >= 0.3 is 0 Å². The van der Waals surface area contributed by atoms with E-state index in [4.69, 9.17) is 0 Å². The number of hydrogen-bond donors (Lipinski definition) is 0. The van der Waals surface area contributed by atoms with Crippen molar-refractivity contribution >= 4 is 18.0 Å². The number of benzene rings is 2. The molecule has 3 aromatic rings. The van der Waals surface area contributed by atoms with Crippen molar-refractivity contribution in [2.75, 3.05) is 0 Å². The standard InChI is InChI=1S/C19H12F3NOS/c20-15-8-9-16(21)18(22)17(15)19(25-14-4-2-1-3-5-14)12-6-7-13(11-24)23-10-12/h1-11,19H. The Bertz CT molecular complexity index is 885. The third-order valence-electron chi connectivity index (χ3n) is 3.57. The summed E-state index contributed by atoms with van der Waals surface area (Å²) in [4.78, 5) is 15.5. The Hall–Kier alpha value is -2.60. The molecule has 0 N–H and O–H groups in total. The number of carbonyl (C=O) groups excluding carboxylic acids is 1. The minimum atomic E-state index is -1.23.